The Morgan fingerprint density at radius 1 is 0.630 bits per heavy atom. The van der Waals surface area contributed by atoms with Crippen LogP contribution in [0.4, 0.5) is 22.0 Å². The first-order valence-corrected chi connectivity index (χ1v) is 12.4. The topological polar surface area (TPSA) is 9.23 Å². The van der Waals surface area contributed by atoms with Crippen molar-refractivity contribution < 1.29 is 26.4 Å². The fourth-order valence-corrected chi connectivity index (χ4v) is 6.38. The van der Waals surface area contributed by atoms with Gasteiger partial charge in [0.1, 0.15) is 0 Å². The third-order valence-electron chi connectivity index (χ3n) is 5.58. The maximum Gasteiger partial charge on any atom is 0.200 e. The van der Waals surface area contributed by atoms with E-state index in [9.17, 15) is 22.0 Å². The summed E-state index contributed by atoms with van der Waals surface area (Å²) in [6.07, 6.45) is 6.26. The van der Waals surface area contributed by atoms with Crippen molar-refractivity contribution in [3.8, 4) is 0 Å². The minimum absolute atomic E-state index is 0.138. The molecule has 1 aromatic carbocycles. The van der Waals surface area contributed by atoms with Gasteiger partial charge >= 0.3 is 0 Å². The van der Waals surface area contributed by atoms with Gasteiger partial charge in [-0.2, -0.15) is 0 Å². The van der Waals surface area contributed by atoms with E-state index >= 15 is 0 Å². The Morgan fingerprint density at radius 2 is 1.04 bits per heavy atom. The van der Waals surface area contributed by atoms with Gasteiger partial charge in [-0.3, -0.25) is 0 Å². The Kier molecular flexibility index (Phi) is 10.5. The van der Waals surface area contributed by atoms with E-state index < -0.39 is 43.0 Å². The van der Waals surface area contributed by atoms with E-state index in [1.165, 1.54) is 6.04 Å². The number of hydrogen-bond acceptors (Lipinski definition) is 1. The van der Waals surface area contributed by atoms with E-state index in [-0.39, 0.29) is 6.42 Å². The van der Waals surface area contributed by atoms with E-state index in [4.69, 9.17) is 4.43 Å². The first kappa shape index (κ1) is 24.1. The lowest BCUT2D eigenvalue weighted by atomic mass is 10.0. The van der Waals surface area contributed by atoms with Crippen molar-refractivity contribution in [2.45, 2.75) is 83.3 Å². The molecule has 0 bridgehead atoms. The van der Waals surface area contributed by atoms with Crippen molar-refractivity contribution in [2.75, 3.05) is 7.11 Å². The van der Waals surface area contributed by atoms with Crippen LogP contribution in [-0.4, -0.2) is 15.4 Å². The molecule has 0 aromatic heterocycles. The van der Waals surface area contributed by atoms with Gasteiger partial charge in [-0.15, -0.1) is 0 Å². The standard InChI is InChI=1S/C20H31F5OSi/c1-4-27(5-2,26-3)14-12-10-8-6-7-9-11-13-15-16(21)18(23)20(25)19(24)17(15)22/h4-14H2,1-3H3. The molecule has 0 atom stereocenters. The van der Waals surface area contributed by atoms with Gasteiger partial charge in [0.2, 0.25) is 5.82 Å². The van der Waals surface area contributed by atoms with Crippen molar-refractivity contribution >= 4 is 8.32 Å². The Labute approximate surface area is 160 Å². The second-order valence-electron chi connectivity index (χ2n) is 7.12. The number of halogens is 5. The minimum atomic E-state index is -2.10. The molecule has 27 heavy (non-hydrogen) atoms. The third kappa shape index (κ3) is 6.56. The summed E-state index contributed by atoms with van der Waals surface area (Å²) < 4.78 is 72.2. The molecule has 0 saturated carbocycles. The molecule has 0 aliphatic carbocycles. The summed E-state index contributed by atoms with van der Waals surface area (Å²) in [5, 5.41) is 0. The highest BCUT2D eigenvalue weighted by Gasteiger charge is 2.28. The SMILES string of the molecule is CC[Si](CC)(CCCCCCCCCc1c(F)c(F)c(F)c(F)c1F)OC. The molecule has 0 N–H and O–H groups in total. The number of unbranched alkanes of at least 4 members (excludes halogenated alkanes) is 6. The largest absolute Gasteiger partial charge is 0.420 e. The first-order chi connectivity index (χ1) is 12.8. The molecular weight excluding hydrogens is 379 g/mol. The van der Waals surface area contributed by atoms with Crippen LogP contribution in [0.15, 0.2) is 0 Å². The summed E-state index contributed by atoms with van der Waals surface area (Å²) >= 11 is 0. The van der Waals surface area contributed by atoms with Crippen LogP contribution in [-0.2, 0) is 10.8 Å². The Bertz CT molecular complexity index is 553. The summed E-state index contributed by atoms with van der Waals surface area (Å²) in [4.78, 5) is 0. The Hall–Kier alpha value is -0.953. The normalized spacial score (nSPS) is 12.0. The second-order valence-corrected chi connectivity index (χ2v) is 11.8. The molecule has 0 heterocycles. The second kappa shape index (κ2) is 11.8. The van der Waals surface area contributed by atoms with Crippen LogP contribution >= 0.6 is 0 Å². The lowest BCUT2D eigenvalue weighted by Crippen LogP contribution is -2.34. The predicted molar refractivity (Wildman–Crippen MR) is 101 cm³/mol. The average Bonchev–Trinajstić information content (AvgIpc) is 2.69. The van der Waals surface area contributed by atoms with E-state index in [2.05, 4.69) is 13.8 Å². The molecular formula is C20H31F5OSi. The summed E-state index contributed by atoms with van der Waals surface area (Å²) in [5.74, 6) is -9.23. The number of rotatable bonds is 13. The summed E-state index contributed by atoms with van der Waals surface area (Å²) in [6, 6.07) is 3.45. The minimum Gasteiger partial charge on any atom is -0.420 e. The highest BCUT2D eigenvalue weighted by atomic mass is 28.4. The van der Waals surface area contributed by atoms with E-state index in [1.807, 2.05) is 7.11 Å². The fourth-order valence-electron chi connectivity index (χ4n) is 3.50. The predicted octanol–water partition coefficient (Wildman–Crippen LogP) is 7.29. The van der Waals surface area contributed by atoms with Crippen LogP contribution in [0.25, 0.3) is 0 Å². The van der Waals surface area contributed by atoms with E-state index in [0.717, 1.165) is 44.2 Å². The number of hydrogen-bond donors (Lipinski definition) is 0. The zero-order chi connectivity index (χ0) is 20.4. The number of benzene rings is 1. The van der Waals surface area contributed by atoms with Gasteiger partial charge in [-0.05, 0) is 31.0 Å². The Balaban J connectivity index is 2.26. The van der Waals surface area contributed by atoms with Crippen molar-refractivity contribution in [3.63, 3.8) is 0 Å². The molecule has 0 spiro atoms. The van der Waals surface area contributed by atoms with Gasteiger partial charge in [0, 0.05) is 12.7 Å². The van der Waals surface area contributed by atoms with E-state index in [0.29, 0.717) is 12.8 Å². The molecule has 1 nitrogen and oxygen atoms in total. The molecule has 0 amide bonds. The van der Waals surface area contributed by atoms with Crippen LogP contribution in [0.3, 0.4) is 0 Å². The van der Waals surface area contributed by atoms with Crippen LogP contribution in [0, 0.1) is 29.1 Å². The van der Waals surface area contributed by atoms with Crippen molar-refractivity contribution in [3.05, 3.63) is 34.6 Å². The molecule has 0 fully saturated rings. The lowest BCUT2D eigenvalue weighted by Gasteiger charge is -2.27. The highest BCUT2D eigenvalue weighted by molar-refractivity contribution is 6.73. The summed E-state index contributed by atoms with van der Waals surface area (Å²) in [6.45, 7) is 4.40. The average molecular weight is 411 g/mol. The molecule has 0 saturated heterocycles. The van der Waals surface area contributed by atoms with Gasteiger partial charge in [0.05, 0.1) is 0 Å². The van der Waals surface area contributed by atoms with E-state index in [1.54, 1.807) is 0 Å². The first-order valence-electron chi connectivity index (χ1n) is 9.89. The van der Waals surface area contributed by atoms with Gasteiger partial charge in [-0.25, -0.2) is 22.0 Å². The van der Waals surface area contributed by atoms with Crippen LogP contribution in [0.2, 0.25) is 18.1 Å². The lowest BCUT2D eigenvalue weighted by molar-refractivity contribution is 0.368. The monoisotopic (exact) mass is 410 g/mol. The molecule has 0 unspecified atom stereocenters. The zero-order valence-corrected chi connectivity index (χ0v) is 17.6. The highest BCUT2D eigenvalue weighted by Crippen LogP contribution is 2.26. The maximum atomic E-state index is 13.6. The summed E-state index contributed by atoms with van der Waals surface area (Å²) in [7, 11) is 0.304. The molecule has 0 aliphatic heterocycles. The zero-order valence-electron chi connectivity index (χ0n) is 16.6. The van der Waals surface area contributed by atoms with Crippen molar-refractivity contribution in [2.24, 2.45) is 0 Å². The molecule has 1 rings (SSSR count). The van der Waals surface area contributed by atoms with Crippen molar-refractivity contribution in [1.82, 2.24) is 0 Å². The van der Waals surface area contributed by atoms with Gasteiger partial charge < -0.3 is 4.43 Å². The van der Waals surface area contributed by atoms with Gasteiger partial charge in [0.15, 0.2) is 31.6 Å². The van der Waals surface area contributed by atoms with Gasteiger partial charge in [-0.1, -0.05) is 52.4 Å². The van der Waals surface area contributed by atoms with Gasteiger partial charge in [0.25, 0.3) is 0 Å². The van der Waals surface area contributed by atoms with Crippen LogP contribution < -0.4 is 0 Å². The molecule has 7 heteroatoms. The quantitative estimate of drug-likeness (QED) is 0.109. The molecule has 0 radical (unpaired) electrons. The molecule has 0 aliphatic rings. The molecule has 1 aromatic rings. The third-order valence-corrected chi connectivity index (χ3v) is 10.3. The Morgan fingerprint density at radius 3 is 1.48 bits per heavy atom. The summed E-state index contributed by atoms with van der Waals surface area (Å²) in [5.41, 5.74) is -0.702. The fraction of sp³-hybridized carbons (Fsp3) is 0.700. The molecule has 156 valence electrons. The van der Waals surface area contributed by atoms with Crippen LogP contribution in [0.5, 0.6) is 0 Å². The van der Waals surface area contributed by atoms with Crippen LogP contribution in [0.1, 0.15) is 64.4 Å². The maximum absolute atomic E-state index is 13.6. The van der Waals surface area contributed by atoms with Crippen molar-refractivity contribution in [1.29, 1.82) is 0 Å². The smallest absolute Gasteiger partial charge is 0.200 e.